The summed E-state index contributed by atoms with van der Waals surface area (Å²) >= 11 is 0. The average molecular weight is 227 g/mol. The molecule has 0 amide bonds. The summed E-state index contributed by atoms with van der Waals surface area (Å²) < 4.78 is 39.4. The molecule has 1 atom stereocenters. The molecule has 0 bridgehead atoms. The monoisotopic (exact) mass is 226 g/mol. The minimum atomic E-state index is -4.37. The third-order valence-electron chi connectivity index (χ3n) is 1.12. The van der Waals surface area contributed by atoms with Crippen LogP contribution in [0.25, 0.3) is 0 Å². The van der Waals surface area contributed by atoms with Crippen LogP contribution in [0.5, 0.6) is 0 Å². The average Bonchev–Trinajstić information content (AvgIpc) is 2.03. The molecule has 0 N–H and O–H groups in total. The van der Waals surface area contributed by atoms with Gasteiger partial charge in [-0.1, -0.05) is 0 Å². The van der Waals surface area contributed by atoms with Crippen LogP contribution in [0.1, 0.15) is 0 Å². The van der Waals surface area contributed by atoms with E-state index >= 15 is 0 Å². The Kier molecular flexibility index (Phi) is 3.48. The molecular weight excluding hydrogens is 220 g/mol. The number of rotatable bonds is 3. The van der Waals surface area contributed by atoms with Crippen LogP contribution in [0, 0.1) is 10.2 Å². The highest BCUT2D eigenvalue weighted by Gasteiger charge is 2.20. The summed E-state index contributed by atoms with van der Waals surface area (Å²) in [7, 11) is -4.00. The maximum absolute atomic E-state index is 10.1. The van der Waals surface area contributed by atoms with E-state index in [0.717, 1.165) is 0 Å². The quantitative estimate of drug-likeness (QED) is 0.517. The molecule has 1 aliphatic heterocycles. The van der Waals surface area contributed by atoms with Crippen molar-refractivity contribution in [2.75, 3.05) is 7.11 Å². The van der Waals surface area contributed by atoms with E-state index in [1.54, 1.807) is 0 Å². The van der Waals surface area contributed by atoms with Crippen molar-refractivity contribution >= 4 is 16.1 Å². The van der Waals surface area contributed by atoms with Gasteiger partial charge in [-0.3, -0.25) is 0 Å². The second kappa shape index (κ2) is 4.23. The zero-order chi connectivity index (χ0) is 9.90. The molecule has 74 valence electrons. The second-order valence-electron chi connectivity index (χ2n) is 1.98. The third-order valence-corrected chi connectivity index (χ3v) is 3.13. The van der Waals surface area contributed by atoms with Crippen LogP contribution >= 0.6 is 10.8 Å². The summed E-state index contributed by atoms with van der Waals surface area (Å²) in [6, 6.07) is 0. The predicted molar refractivity (Wildman–Crippen MR) is 39.0 cm³/mol. The Bertz CT molecular complexity index is 277. The minimum Gasteiger partial charge on any atom is -0.497 e. The van der Waals surface area contributed by atoms with Crippen molar-refractivity contribution < 1.29 is 32.7 Å². The van der Waals surface area contributed by atoms with Gasteiger partial charge in [-0.15, -0.1) is 0 Å². The van der Waals surface area contributed by atoms with E-state index < -0.39 is 21.0 Å². The van der Waals surface area contributed by atoms with Crippen molar-refractivity contribution in [2.45, 2.75) is 0 Å². The molecule has 0 saturated carbocycles. The number of hydrogen-bond donors (Lipinski definition) is 0. The van der Waals surface area contributed by atoms with Crippen molar-refractivity contribution in [2.24, 2.45) is 0 Å². The molecule has 1 aliphatic rings. The number of ether oxygens (including phenoxy) is 1. The molecule has 0 aromatic heterocycles. The summed E-state index contributed by atoms with van der Waals surface area (Å²) in [5.41, 5.74) is 0. The lowest BCUT2D eigenvalue weighted by Crippen LogP contribution is -2.60. The van der Waals surface area contributed by atoms with Crippen molar-refractivity contribution in [3.05, 3.63) is 23.3 Å². The van der Waals surface area contributed by atoms with Gasteiger partial charge in [0.1, 0.15) is 20.3 Å². The van der Waals surface area contributed by atoms with Crippen molar-refractivity contribution in [3.8, 4) is 0 Å². The van der Waals surface area contributed by atoms with Crippen LogP contribution in [0.15, 0.2) is 23.3 Å². The molecular formula is C6H7ClO5S. The van der Waals surface area contributed by atoms with Gasteiger partial charge in [0.05, 0.1) is 17.4 Å². The largest absolute Gasteiger partial charge is 0.497 e. The molecule has 7 heteroatoms. The molecule has 1 heterocycles. The van der Waals surface area contributed by atoms with Crippen LogP contribution in [0.2, 0.25) is 0 Å². The van der Waals surface area contributed by atoms with Crippen LogP contribution in [0.4, 0.5) is 0 Å². The molecule has 0 aromatic carbocycles. The summed E-state index contributed by atoms with van der Waals surface area (Å²) in [4.78, 5) is 0. The predicted octanol–water partition coefficient (Wildman–Crippen LogP) is -2.06. The van der Waals surface area contributed by atoms with Crippen molar-refractivity contribution in [1.29, 1.82) is 0 Å². The lowest BCUT2D eigenvalue weighted by Gasteiger charge is -2.13. The first-order chi connectivity index (χ1) is 6.01. The van der Waals surface area contributed by atoms with Crippen molar-refractivity contribution in [3.63, 3.8) is 0 Å². The lowest BCUT2D eigenvalue weighted by molar-refractivity contribution is -1.91. The van der Waals surface area contributed by atoms with Gasteiger partial charge in [-0.2, -0.15) is 14.0 Å². The third kappa shape index (κ3) is 3.90. The van der Waals surface area contributed by atoms with Crippen LogP contribution in [-0.2, 0) is 8.47 Å². The lowest BCUT2D eigenvalue weighted by atomic mass is 10.4. The fourth-order valence-electron chi connectivity index (χ4n) is 0.636. The number of halogens is 1. The van der Waals surface area contributed by atoms with E-state index in [0.29, 0.717) is 5.76 Å². The Morgan fingerprint density at radius 1 is 1.38 bits per heavy atom. The SMILES string of the molecule is COC1=CC=S(O[Cl+3]([O-])([O-])[O-])C=C1. The van der Waals surface area contributed by atoms with Gasteiger partial charge in [0.25, 0.3) is 0 Å². The Hall–Kier alpha value is -0.370. The molecule has 1 rings (SSSR count). The zero-order valence-corrected chi connectivity index (χ0v) is 8.21. The minimum absolute atomic E-state index is 0.576. The van der Waals surface area contributed by atoms with Gasteiger partial charge >= 0.3 is 0 Å². The van der Waals surface area contributed by atoms with Crippen LogP contribution in [0.3, 0.4) is 0 Å². The Morgan fingerprint density at radius 2 is 2.08 bits per heavy atom. The summed E-state index contributed by atoms with van der Waals surface area (Å²) in [6.07, 6.45) is 3.06. The smallest absolute Gasteiger partial charge is 0.140 e. The van der Waals surface area contributed by atoms with E-state index in [9.17, 15) is 14.0 Å². The highest BCUT2D eigenvalue weighted by molar-refractivity contribution is 8.13. The van der Waals surface area contributed by atoms with Crippen LogP contribution < -0.4 is 14.0 Å². The normalized spacial score (nSPS) is 22.2. The highest BCUT2D eigenvalue weighted by Crippen LogP contribution is 2.23. The Labute approximate surface area is 79.8 Å². The van der Waals surface area contributed by atoms with Crippen LogP contribution in [-0.4, -0.2) is 12.5 Å². The van der Waals surface area contributed by atoms with Gasteiger partial charge in [-0.05, 0) is 12.2 Å². The molecule has 5 nitrogen and oxygen atoms in total. The fraction of sp³-hybridized carbons (Fsp3) is 0.167. The summed E-state index contributed by atoms with van der Waals surface area (Å²) in [5, 5.41) is 2.86. The van der Waals surface area contributed by atoms with Gasteiger partial charge in [0, 0.05) is 10.8 Å². The maximum atomic E-state index is 10.1. The van der Waals surface area contributed by atoms with Gasteiger partial charge in [-0.25, -0.2) is 0 Å². The van der Waals surface area contributed by atoms with E-state index in [1.807, 2.05) is 0 Å². The van der Waals surface area contributed by atoms with E-state index in [1.165, 1.54) is 30.0 Å². The van der Waals surface area contributed by atoms with Gasteiger partial charge < -0.3 is 4.74 Å². The molecule has 0 spiro atoms. The first-order valence-corrected chi connectivity index (χ1v) is 5.62. The molecule has 0 radical (unpaired) electrons. The first kappa shape index (κ1) is 10.7. The topological polar surface area (TPSA) is 87.6 Å². The van der Waals surface area contributed by atoms with E-state index in [2.05, 4.69) is 3.74 Å². The summed E-state index contributed by atoms with van der Waals surface area (Å²) in [5.74, 6) is 0.576. The van der Waals surface area contributed by atoms with Gasteiger partial charge in [0.2, 0.25) is 0 Å². The Balaban J connectivity index is 2.63. The number of methoxy groups -OCH3 is 1. The maximum Gasteiger partial charge on any atom is 0.140 e. The summed E-state index contributed by atoms with van der Waals surface area (Å²) in [6.45, 7) is 0. The molecule has 0 aliphatic carbocycles. The van der Waals surface area contributed by atoms with Gasteiger partial charge in [0.15, 0.2) is 0 Å². The standard InChI is InChI=1S/C6H7ClO5S/c1-11-6-2-4-13(5-3-6)12-7(8,9)10/h2-5H,1H3. The molecule has 0 aromatic rings. The number of allylic oxidation sites excluding steroid dienone is 2. The molecule has 13 heavy (non-hydrogen) atoms. The second-order valence-corrected chi connectivity index (χ2v) is 4.44. The Morgan fingerprint density at radius 3 is 2.46 bits per heavy atom. The van der Waals surface area contributed by atoms with E-state index in [4.69, 9.17) is 4.74 Å². The fourth-order valence-corrected chi connectivity index (χ4v) is 2.31. The first-order valence-electron chi connectivity index (χ1n) is 3.11. The van der Waals surface area contributed by atoms with Crippen molar-refractivity contribution in [1.82, 2.24) is 0 Å². The molecule has 1 unspecified atom stereocenters. The molecule has 0 fully saturated rings. The zero-order valence-electron chi connectivity index (χ0n) is 6.64. The highest BCUT2D eigenvalue weighted by atomic mass is 35.7. The molecule has 0 saturated heterocycles. The number of hydrogen-bond acceptors (Lipinski definition) is 5. The van der Waals surface area contributed by atoms with E-state index in [-0.39, 0.29) is 0 Å².